The van der Waals surface area contributed by atoms with Gasteiger partial charge in [-0.05, 0) is 17.7 Å². The summed E-state index contributed by atoms with van der Waals surface area (Å²) in [6, 6.07) is 7.13. The first kappa shape index (κ1) is 16.2. The minimum atomic E-state index is -1.43. The SMILES string of the molecule is COc1ccc(CO[C@H]2O[C@H](CO)[C@@H](O)[C@H](O)[C@@H]2O)cc1. The number of aliphatic hydroxyl groups is 4. The molecule has 0 saturated carbocycles. The molecule has 0 bridgehead atoms. The number of ether oxygens (including phenoxy) is 3. The third-order valence-corrected chi connectivity index (χ3v) is 3.42. The molecule has 1 heterocycles. The maximum atomic E-state index is 9.82. The Bertz CT molecular complexity index is 433. The van der Waals surface area contributed by atoms with Crippen LogP contribution in [-0.2, 0) is 16.1 Å². The van der Waals surface area contributed by atoms with E-state index in [1.165, 1.54) is 0 Å². The van der Waals surface area contributed by atoms with Crippen molar-refractivity contribution in [3.8, 4) is 5.75 Å². The van der Waals surface area contributed by atoms with Crippen molar-refractivity contribution >= 4 is 0 Å². The van der Waals surface area contributed by atoms with E-state index >= 15 is 0 Å². The summed E-state index contributed by atoms with van der Waals surface area (Å²) in [5.41, 5.74) is 0.827. The van der Waals surface area contributed by atoms with Gasteiger partial charge in [0, 0.05) is 0 Å². The van der Waals surface area contributed by atoms with Gasteiger partial charge in [-0.25, -0.2) is 0 Å². The highest BCUT2D eigenvalue weighted by Crippen LogP contribution is 2.23. The summed E-state index contributed by atoms with van der Waals surface area (Å²) in [5, 5.41) is 38.2. The van der Waals surface area contributed by atoms with E-state index in [4.69, 9.17) is 19.3 Å². The number of benzene rings is 1. The van der Waals surface area contributed by atoms with Crippen molar-refractivity contribution in [3.05, 3.63) is 29.8 Å². The van der Waals surface area contributed by atoms with Crippen LogP contribution in [0.2, 0.25) is 0 Å². The van der Waals surface area contributed by atoms with Gasteiger partial charge in [-0.3, -0.25) is 0 Å². The molecule has 1 aromatic rings. The van der Waals surface area contributed by atoms with Gasteiger partial charge in [-0.1, -0.05) is 12.1 Å². The highest BCUT2D eigenvalue weighted by molar-refractivity contribution is 5.26. The molecule has 0 aromatic heterocycles. The van der Waals surface area contributed by atoms with E-state index < -0.39 is 37.3 Å². The van der Waals surface area contributed by atoms with Crippen molar-refractivity contribution in [1.29, 1.82) is 0 Å². The van der Waals surface area contributed by atoms with Gasteiger partial charge in [-0.2, -0.15) is 0 Å². The van der Waals surface area contributed by atoms with Gasteiger partial charge < -0.3 is 34.6 Å². The van der Waals surface area contributed by atoms with Crippen LogP contribution >= 0.6 is 0 Å². The van der Waals surface area contributed by atoms with E-state index in [2.05, 4.69) is 0 Å². The number of aliphatic hydroxyl groups excluding tert-OH is 4. The Labute approximate surface area is 122 Å². The van der Waals surface area contributed by atoms with Crippen LogP contribution in [0.15, 0.2) is 24.3 Å². The molecule has 118 valence electrons. The second kappa shape index (κ2) is 7.17. The normalized spacial score (nSPS) is 32.9. The predicted octanol–water partition coefficient (Wildman–Crippen LogP) is -0.988. The Morgan fingerprint density at radius 3 is 2.29 bits per heavy atom. The Hall–Kier alpha value is -1.22. The fraction of sp³-hybridized carbons (Fsp3) is 0.571. The fourth-order valence-corrected chi connectivity index (χ4v) is 2.11. The summed E-state index contributed by atoms with van der Waals surface area (Å²) in [7, 11) is 1.57. The Morgan fingerprint density at radius 2 is 1.71 bits per heavy atom. The van der Waals surface area contributed by atoms with Gasteiger partial charge in [0.05, 0.1) is 20.3 Å². The van der Waals surface area contributed by atoms with Crippen LogP contribution in [-0.4, -0.2) is 64.8 Å². The zero-order valence-corrected chi connectivity index (χ0v) is 11.6. The minimum Gasteiger partial charge on any atom is -0.497 e. The summed E-state index contributed by atoms with van der Waals surface area (Å²) < 4.78 is 15.7. The van der Waals surface area contributed by atoms with Crippen molar-refractivity contribution in [2.24, 2.45) is 0 Å². The molecule has 1 saturated heterocycles. The maximum absolute atomic E-state index is 9.82. The minimum absolute atomic E-state index is 0.146. The molecule has 0 spiro atoms. The first-order valence-electron chi connectivity index (χ1n) is 6.62. The molecule has 1 aliphatic heterocycles. The standard InChI is InChI=1S/C14H20O7/c1-19-9-4-2-8(3-5-9)7-20-14-13(18)12(17)11(16)10(6-15)21-14/h2-5,10-18H,6-7H2,1H3/t10-,11-,12+,13+,14+/m1/s1. The Morgan fingerprint density at radius 1 is 1.05 bits per heavy atom. The van der Waals surface area contributed by atoms with E-state index in [0.29, 0.717) is 5.75 Å². The molecule has 0 radical (unpaired) electrons. The van der Waals surface area contributed by atoms with Crippen LogP contribution in [0.4, 0.5) is 0 Å². The quantitative estimate of drug-likeness (QED) is 0.553. The van der Waals surface area contributed by atoms with Gasteiger partial charge in [0.25, 0.3) is 0 Å². The molecule has 0 amide bonds. The third kappa shape index (κ3) is 3.70. The van der Waals surface area contributed by atoms with Crippen LogP contribution in [0.25, 0.3) is 0 Å². The number of rotatable bonds is 5. The topological polar surface area (TPSA) is 109 Å². The molecule has 1 aromatic carbocycles. The molecule has 5 atom stereocenters. The van der Waals surface area contributed by atoms with Crippen molar-refractivity contribution in [3.63, 3.8) is 0 Å². The molecule has 7 heteroatoms. The second-order valence-corrected chi connectivity index (χ2v) is 4.86. The van der Waals surface area contributed by atoms with Crippen molar-refractivity contribution in [1.82, 2.24) is 0 Å². The van der Waals surface area contributed by atoms with Gasteiger partial charge in [0.15, 0.2) is 6.29 Å². The molecule has 1 aliphatic rings. The third-order valence-electron chi connectivity index (χ3n) is 3.42. The largest absolute Gasteiger partial charge is 0.497 e. The van der Waals surface area contributed by atoms with Crippen molar-refractivity contribution < 1.29 is 34.6 Å². The average Bonchev–Trinajstić information content (AvgIpc) is 2.52. The predicted molar refractivity (Wildman–Crippen MR) is 71.6 cm³/mol. The number of hydrogen-bond donors (Lipinski definition) is 4. The van der Waals surface area contributed by atoms with Crippen molar-refractivity contribution in [2.75, 3.05) is 13.7 Å². The van der Waals surface area contributed by atoms with Crippen LogP contribution < -0.4 is 4.74 Å². The summed E-state index contributed by atoms with van der Waals surface area (Å²) >= 11 is 0. The molecule has 1 fully saturated rings. The molecular formula is C14H20O7. The van der Waals surface area contributed by atoms with E-state index in [1.807, 2.05) is 0 Å². The van der Waals surface area contributed by atoms with Gasteiger partial charge >= 0.3 is 0 Å². The molecule has 4 N–H and O–H groups in total. The first-order valence-corrected chi connectivity index (χ1v) is 6.62. The van der Waals surface area contributed by atoms with E-state index in [-0.39, 0.29) is 6.61 Å². The molecule has 2 rings (SSSR count). The molecule has 0 unspecified atom stereocenters. The second-order valence-electron chi connectivity index (χ2n) is 4.86. The number of methoxy groups -OCH3 is 1. The van der Waals surface area contributed by atoms with Crippen LogP contribution in [0.5, 0.6) is 5.75 Å². The van der Waals surface area contributed by atoms with Gasteiger partial charge in [0.1, 0.15) is 30.2 Å². The van der Waals surface area contributed by atoms with E-state index in [9.17, 15) is 15.3 Å². The average molecular weight is 300 g/mol. The zero-order valence-electron chi connectivity index (χ0n) is 11.6. The summed E-state index contributed by atoms with van der Waals surface area (Å²) in [5.74, 6) is 0.714. The Balaban J connectivity index is 1.94. The summed E-state index contributed by atoms with van der Waals surface area (Å²) in [4.78, 5) is 0. The highest BCUT2D eigenvalue weighted by Gasteiger charge is 2.43. The van der Waals surface area contributed by atoms with Crippen LogP contribution in [0, 0.1) is 0 Å². The smallest absolute Gasteiger partial charge is 0.187 e. The zero-order chi connectivity index (χ0) is 15.4. The maximum Gasteiger partial charge on any atom is 0.187 e. The van der Waals surface area contributed by atoms with Gasteiger partial charge in [0.2, 0.25) is 0 Å². The van der Waals surface area contributed by atoms with Crippen molar-refractivity contribution in [2.45, 2.75) is 37.3 Å². The summed E-state index contributed by atoms with van der Waals surface area (Å²) in [6.07, 6.45) is -6.30. The molecule has 0 aliphatic carbocycles. The fourth-order valence-electron chi connectivity index (χ4n) is 2.11. The lowest BCUT2D eigenvalue weighted by molar-refractivity contribution is -0.304. The monoisotopic (exact) mass is 300 g/mol. The highest BCUT2D eigenvalue weighted by atomic mass is 16.7. The molecular weight excluding hydrogens is 280 g/mol. The van der Waals surface area contributed by atoms with Gasteiger partial charge in [-0.15, -0.1) is 0 Å². The summed E-state index contributed by atoms with van der Waals surface area (Å²) in [6.45, 7) is -0.333. The van der Waals surface area contributed by atoms with E-state index in [1.54, 1.807) is 31.4 Å². The lowest BCUT2D eigenvalue weighted by atomic mass is 9.99. The Kier molecular flexibility index (Phi) is 5.51. The molecule has 7 nitrogen and oxygen atoms in total. The molecule has 21 heavy (non-hydrogen) atoms. The van der Waals surface area contributed by atoms with Crippen LogP contribution in [0.1, 0.15) is 5.56 Å². The first-order chi connectivity index (χ1) is 10.1. The number of hydrogen-bond acceptors (Lipinski definition) is 7. The lowest BCUT2D eigenvalue weighted by Gasteiger charge is -2.39. The lowest BCUT2D eigenvalue weighted by Crippen LogP contribution is -2.59. The van der Waals surface area contributed by atoms with Crippen LogP contribution in [0.3, 0.4) is 0 Å². The van der Waals surface area contributed by atoms with E-state index in [0.717, 1.165) is 5.56 Å².